The summed E-state index contributed by atoms with van der Waals surface area (Å²) in [5.74, 6) is 0. The Morgan fingerprint density at radius 3 is 1.78 bits per heavy atom. The molecule has 0 bridgehead atoms. The van der Waals surface area contributed by atoms with Gasteiger partial charge in [-0.15, -0.1) is 6.04 Å². The van der Waals surface area contributed by atoms with Gasteiger partial charge in [0.25, 0.3) is 0 Å². The fourth-order valence-electron chi connectivity index (χ4n) is 2.40. The van der Waals surface area contributed by atoms with Crippen LogP contribution in [0.5, 0.6) is 0 Å². The van der Waals surface area contributed by atoms with Crippen LogP contribution < -0.4 is 0 Å². The summed E-state index contributed by atoms with van der Waals surface area (Å²) in [7, 11) is -1.21. The summed E-state index contributed by atoms with van der Waals surface area (Å²) in [5.41, 5.74) is 0.986. The molecule has 1 N–H and O–H groups in total. The molecule has 0 aromatic heterocycles. The quantitative estimate of drug-likeness (QED) is 0.589. The zero-order valence-corrected chi connectivity index (χ0v) is 16.1. The predicted octanol–water partition coefficient (Wildman–Crippen LogP) is 4.81. The van der Waals surface area contributed by atoms with Gasteiger partial charge in [0.1, 0.15) is 0 Å². The van der Waals surface area contributed by atoms with E-state index in [0.29, 0.717) is 6.04 Å². The molecular formula is C14H34NOSiTi. The SMILES string of the molecule is CC(C)[N-][Si](C)(C)C1CCCC1.CCO.[CH3-].[CH3-].[Ti+3]. The maximum Gasteiger partial charge on any atom is 3.00 e. The van der Waals surface area contributed by atoms with Crippen LogP contribution in [0.1, 0.15) is 46.5 Å². The van der Waals surface area contributed by atoms with Crippen molar-refractivity contribution in [1.29, 1.82) is 0 Å². The number of hydrogen-bond acceptors (Lipinski definition) is 1. The Morgan fingerprint density at radius 1 is 1.17 bits per heavy atom. The first-order valence-corrected chi connectivity index (χ1v) is 9.29. The van der Waals surface area contributed by atoms with Crippen LogP contribution in [0.2, 0.25) is 18.6 Å². The van der Waals surface area contributed by atoms with E-state index < -0.39 is 8.24 Å². The van der Waals surface area contributed by atoms with Crippen LogP contribution in [0.15, 0.2) is 0 Å². The maximum atomic E-state index is 7.57. The van der Waals surface area contributed by atoms with Crippen molar-refractivity contribution in [3.05, 3.63) is 19.8 Å². The fourth-order valence-corrected chi connectivity index (χ4v) is 5.77. The van der Waals surface area contributed by atoms with Crippen molar-refractivity contribution >= 4 is 8.24 Å². The van der Waals surface area contributed by atoms with Crippen LogP contribution in [0.4, 0.5) is 0 Å². The van der Waals surface area contributed by atoms with Crippen LogP contribution in [-0.2, 0) is 21.7 Å². The van der Waals surface area contributed by atoms with Gasteiger partial charge in [-0.25, -0.2) is 0 Å². The van der Waals surface area contributed by atoms with E-state index in [1.165, 1.54) is 25.7 Å². The van der Waals surface area contributed by atoms with Crippen molar-refractivity contribution in [2.75, 3.05) is 6.61 Å². The van der Waals surface area contributed by atoms with Gasteiger partial charge in [0.05, 0.1) is 0 Å². The van der Waals surface area contributed by atoms with Crippen molar-refractivity contribution in [2.45, 2.75) is 71.1 Å². The zero-order valence-electron chi connectivity index (χ0n) is 13.6. The van der Waals surface area contributed by atoms with Crippen LogP contribution in [0, 0.1) is 14.9 Å². The summed E-state index contributed by atoms with van der Waals surface area (Å²) >= 11 is 0. The minimum Gasteiger partial charge on any atom is -0.662 e. The van der Waals surface area contributed by atoms with Gasteiger partial charge in [0, 0.05) is 6.61 Å². The molecule has 0 aliphatic heterocycles. The summed E-state index contributed by atoms with van der Waals surface area (Å²) in [4.78, 5) is 4.93. The number of rotatable bonds is 3. The van der Waals surface area contributed by atoms with Gasteiger partial charge < -0.3 is 24.9 Å². The molecule has 0 atom stereocenters. The molecule has 109 valence electrons. The molecular weight excluding hydrogens is 274 g/mol. The van der Waals surface area contributed by atoms with E-state index in [4.69, 9.17) is 10.1 Å². The average molecular weight is 308 g/mol. The summed E-state index contributed by atoms with van der Waals surface area (Å²) < 4.78 is 0. The van der Waals surface area contributed by atoms with E-state index in [0.717, 1.165) is 5.54 Å². The Hall–Kier alpha value is 0.851. The van der Waals surface area contributed by atoms with E-state index in [1.807, 2.05) is 0 Å². The first kappa shape index (κ1) is 27.2. The Morgan fingerprint density at radius 2 is 1.50 bits per heavy atom. The molecule has 0 spiro atoms. The third-order valence-electron chi connectivity index (χ3n) is 2.95. The Kier molecular flexibility index (Phi) is 21.6. The fraction of sp³-hybridized carbons (Fsp3) is 0.857. The van der Waals surface area contributed by atoms with E-state index in [9.17, 15) is 0 Å². The van der Waals surface area contributed by atoms with E-state index in [2.05, 4.69) is 26.9 Å². The Bertz CT molecular complexity index is 160. The van der Waals surface area contributed by atoms with Crippen LogP contribution in [-0.4, -0.2) is 26.0 Å². The molecule has 0 amide bonds. The monoisotopic (exact) mass is 308 g/mol. The second-order valence-electron chi connectivity index (χ2n) is 5.17. The van der Waals surface area contributed by atoms with E-state index in [-0.39, 0.29) is 43.2 Å². The third kappa shape index (κ3) is 11.9. The van der Waals surface area contributed by atoms with Crippen molar-refractivity contribution < 1.29 is 26.8 Å². The number of nitrogens with zero attached hydrogens (tertiary/aromatic N) is 1. The Balaban J connectivity index is -0.000000149. The van der Waals surface area contributed by atoms with Crippen molar-refractivity contribution in [3.8, 4) is 0 Å². The van der Waals surface area contributed by atoms with Gasteiger partial charge in [0.15, 0.2) is 0 Å². The van der Waals surface area contributed by atoms with Crippen molar-refractivity contribution in [3.63, 3.8) is 0 Å². The van der Waals surface area contributed by atoms with Gasteiger partial charge in [-0.05, 0) is 6.92 Å². The second kappa shape index (κ2) is 14.3. The molecule has 2 nitrogen and oxygen atoms in total. The molecule has 0 saturated heterocycles. The number of aliphatic hydroxyl groups excluding tert-OH is 1. The second-order valence-corrected chi connectivity index (χ2v) is 9.56. The van der Waals surface area contributed by atoms with Gasteiger partial charge in [0.2, 0.25) is 0 Å². The predicted molar refractivity (Wildman–Crippen MR) is 83.8 cm³/mol. The minimum atomic E-state index is -1.21. The van der Waals surface area contributed by atoms with Crippen molar-refractivity contribution in [1.82, 2.24) is 0 Å². The topological polar surface area (TPSA) is 34.3 Å². The van der Waals surface area contributed by atoms with Gasteiger partial charge in [-0.3, -0.25) is 0 Å². The summed E-state index contributed by atoms with van der Waals surface area (Å²) in [6.07, 6.45) is 5.81. The molecule has 1 fully saturated rings. The standard InChI is InChI=1S/C10H22NSi.C2H6O.2CH3.Ti/c1-9(2)11-12(3,4)10-7-5-6-8-10;1-2-3;;;/h9-10H,5-8H2,1-4H3;3H,2H2,1H3;2*1H3;/q-1;;2*-1;+3. The molecule has 0 unspecified atom stereocenters. The molecule has 1 radical (unpaired) electrons. The molecule has 0 aromatic carbocycles. The number of hydrogen-bond donors (Lipinski definition) is 1. The summed E-state index contributed by atoms with van der Waals surface area (Å²) in [5, 5.41) is 7.57. The Labute approximate surface area is 132 Å². The molecule has 1 aliphatic carbocycles. The van der Waals surface area contributed by atoms with Gasteiger partial charge in [-0.1, -0.05) is 66.4 Å². The van der Waals surface area contributed by atoms with Crippen LogP contribution >= 0.6 is 0 Å². The van der Waals surface area contributed by atoms with Crippen molar-refractivity contribution in [2.24, 2.45) is 0 Å². The first-order valence-electron chi connectivity index (χ1n) is 6.27. The largest absolute Gasteiger partial charge is 3.00 e. The molecule has 1 rings (SSSR count). The number of aliphatic hydroxyl groups is 1. The smallest absolute Gasteiger partial charge is 0.662 e. The van der Waals surface area contributed by atoms with Gasteiger partial charge in [-0.2, -0.15) is 0 Å². The molecule has 4 heteroatoms. The molecule has 18 heavy (non-hydrogen) atoms. The zero-order chi connectivity index (χ0) is 11.9. The molecule has 1 aliphatic rings. The van der Waals surface area contributed by atoms with Gasteiger partial charge >= 0.3 is 21.7 Å². The first-order chi connectivity index (χ1) is 6.94. The third-order valence-corrected chi connectivity index (χ3v) is 6.70. The minimum absolute atomic E-state index is 0. The maximum absolute atomic E-state index is 7.57. The summed E-state index contributed by atoms with van der Waals surface area (Å²) in [6.45, 7) is 11.2. The van der Waals surface area contributed by atoms with Crippen LogP contribution in [0.3, 0.4) is 0 Å². The normalized spacial score (nSPS) is 14.8. The molecule has 0 heterocycles. The molecule has 1 saturated carbocycles. The average Bonchev–Trinajstić information content (AvgIpc) is 2.54. The van der Waals surface area contributed by atoms with Crippen LogP contribution in [0.25, 0.3) is 4.98 Å². The van der Waals surface area contributed by atoms with E-state index in [1.54, 1.807) is 6.92 Å². The van der Waals surface area contributed by atoms with E-state index >= 15 is 0 Å². The molecule has 0 aromatic rings. The summed E-state index contributed by atoms with van der Waals surface area (Å²) in [6, 6.07) is 0.548.